The molecular weight excluding hydrogens is 306 g/mol. The van der Waals surface area contributed by atoms with E-state index in [0.717, 1.165) is 28.3 Å². The van der Waals surface area contributed by atoms with Crippen molar-refractivity contribution >= 4 is 17.3 Å². The molecule has 0 unspecified atom stereocenters. The van der Waals surface area contributed by atoms with E-state index >= 15 is 0 Å². The van der Waals surface area contributed by atoms with E-state index in [9.17, 15) is 4.79 Å². The second kappa shape index (κ2) is 7.04. The molecule has 0 radical (unpaired) electrons. The van der Waals surface area contributed by atoms with Crippen LogP contribution in [0.2, 0.25) is 0 Å². The van der Waals surface area contributed by atoms with Crippen LogP contribution < -0.4 is 10.1 Å². The molecule has 2 aromatic heterocycles. The molecule has 6 heteroatoms. The molecule has 3 aromatic rings. The van der Waals surface area contributed by atoms with E-state index in [1.54, 1.807) is 0 Å². The maximum absolute atomic E-state index is 10.6. The number of fused-ring (bicyclic) bond motifs is 1. The molecule has 0 atom stereocenters. The second-order valence-electron chi connectivity index (χ2n) is 5.33. The van der Waals surface area contributed by atoms with Crippen LogP contribution in [0.1, 0.15) is 13.3 Å². The van der Waals surface area contributed by atoms with Gasteiger partial charge in [-0.15, -0.1) is 0 Å². The molecule has 3 rings (SSSR count). The predicted octanol–water partition coefficient (Wildman–Crippen LogP) is 3.29. The number of anilines is 1. The van der Waals surface area contributed by atoms with Crippen LogP contribution in [-0.2, 0) is 4.79 Å². The zero-order chi connectivity index (χ0) is 16.9. The van der Waals surface area contributed by atoms with E-state index < -0.39 is 5.97 Å². The number of nitrogens with one attached hydrogen (secondary N) is 1. The Labute approximate surface area is 139 Å². The van der Waals surface area contributed by atoms with Crippen molar-refractivity contribution in [3.05, 3.63) is 48.8 Å². The number of aliphatic carboxylic acids is 1. The molecule has 24 heavy (non-hydrogen) atoms. The van der Waals surface area contributed by atoms with Gasteiger partial charge in [-0.3, -0.25) is 4.79 Å². The quantitative estimate of drug-likeness (QED) is 0.697. The molecule has 0 aliphatic carbocycles. The highest BCUT2D eigenvalue weighted by Crippen LogP contribution is 2.23. The summed E-state index contributed by atoms with van der Waals surface area (Å²) in [6.07, 6.45) is 3.95. The minimum Gasteiger partial charge on any atom is -0.494 e. The Morgan fingerprint density at radius 1 is 1.29 bits per heavy atom. The number of carbonyl (C=O) groups is 1. The minimum atomic E-state index is -0.817. The summed E-state index contributed by atoms with van der Waals surface area (Å²) in [6.45, 7) is 2.99. The standard InChI is InChI=1S/C18H19N3O3/c1-2-24-15-5-3-13(4-6-15)16-12-21-10-8-14(11-17(21)20-16)19-9-7-18(22)23/h3-6,8,10-12,19H,2,7,9H2,1H3,(H,22,23). The molecule has 124 valence electrons. The molecule has 1 aromatic carbocycles. The minimum absolute atomic E-state index is 0.0804. The summed E-state index contributed by atoms with van der Waals surface area (Å²) in [4.78, 5) is 15.2. The summed E-state index contributed by atoms with van der Waals surface area (Å²) in [7, 11) is 0. The molecule has 2 N–H and O–H groups in total. The number of rotatable bonds is 7. The van der Waals surface area contributed by atoms with Crippen LogP contribution in [-0.4, -0.2) is 33.6 Å². The van der Waals surface area contributed by atoms with Crippen LogP contribution in [0.5, 0.6) is 5.75 Å². The van der Waals surface area contributed by atoms with Gasteiger partial charge in [-0.1, -0.05) is 0 Å². The number of pyridine rings is 1. The normalized spacial score (nSPS) is 10.7. The number of hydrogen-bond acceptors (Lipinski definition) is 4. The summed E-state index contributed by atoms with van der Waals surface area (Å²) in [5.41, 5.74) is 3.55. The summed E-state index contributed by atoms with van der Waals surface area (Å²) in [5, 5.41) is 11.8. The molecule has 6 nitrogen and oxygen atoms in total. The average Bonchev–Trinajstić information content (AvgIpc) is 2.99. The van der Waals surface area contributed by atoms with Crippen molar-refractivity contribution in [2.75, 3.05) is 18.5 Å². The van der Waals surface area contributed by atoms with Gasteiger partial charge >= 0.3 is 5.97 Å². The summed E-state index contributed by atoms with van der Waals surface area (Å²) in [6, 6.07) is 11.6. The van der Waals surface area contributed by atoms with E-state index in [1.165, 1.54) is 0 Å². The first-order valence-electron chi connectivity index (χ1n) is 7.83. The molecule has 0 fully saturated rings. The van der Waals surface area contributed by atoms with Crippen LogP contribution >= 0.6 is 0 Å². The lowest BCUT2D eigenvalue weighted by Gasteiger charge is -2.04. The van der Waals surface area contributed by atoms with Gasteiger partial charge in [0.25, 0.3) is 0 Å². The number of carboxylic acid groups (broad SMARTS) is 1. The van der Waals surface area contributed by atoms with Crippen molar-refractivity contribution in [1.82, 2.24) is 9.38 Å². The third kappa shape index (κ3) is 3.65. The highest BCUT2D eigenvalue weighted by atomic mass is 16.5. The smallest absolute Gasteiger partial charge is 0.305 e. The summed E-state index contributed by atoms with van der Waals surface area (Å²) < 4.78 is 7.39. The Kier molecular flexibility index (Phi) is 4.65. The van der Waals surface area contributed by atoms with Crippen LogP contribution in [0.4, 0.5) is 5.69 Å². The van der Waals surface area contributed by atoms with Gasteiger partial charge in [-0.2, -0.15) is 0 Å². The van der Waals surface area contributed by atoms with Gasteiger partial charge in [0.05, 0.1) is 18.7 Å². The van der Waals surface area contributed by atoms with E-state index in [2.05, 4.69) is 10.3 Å². The number of benzene rings is 1. The first-order chi connectivity index (χ1) is 11.7. The third-order valence-electron chi connectivity index (χ3n) is 3.59. The molecular formula is C18H19N3O3. The number of nitrogens with zero attached hydrogens (tertiary/aromatic N) is 2. The van der Waals surface area contributed by atoms with E-state index in [-0.39, 0.29) is 6.42 Å². The molecule has 0 spiro atoms. The van der Waals surface area contributed by atoms with E-state index in [1.807, 2.05) is 60.1 Å². The number of carboxylic acids is 1. The zero-order valence-electron chi connectivity index (χ0n) is 13.4. The van der Waals surface area contributed by atoms with Gasteiger partial charge in [0.1, 0.15) is 11.4 Å². The van der Waals surface area contributed by atoms with E-state index in [0.29, 0.717) is 13.2 Å². The summed E-state index contributed by atoms with van der Waals surface area (Å²) >= 11 is 0. The predicted molar refractivity (Wildman–Crippen MR) is 92.5 cm³/mol. The van der Waals surface area contributed by atoms with Crippen molar-refractivity contribution in [1.29, 1.82) is 0 Å². The largest absolute Gasteiger partial charge is 0.494 e. The molecule has 0 aliphatic rings. The summed E-state index contributed by atoms with van der Waals surface area (Å²) in [5.74, 6) is 0.0251. The molecule has 0 aliphatic heterocycles. The fourth-order valence-electron chi connectivity index (χ4n) is 2.43. The molecule has 0 amide bonds. The Balaban J connectivity index is 1.79. The monoisotopic (exact) mass is 325 g/mol. The molecule has 2 heterocycles. The lowest BCUT2D eigenvalue weighted by molar-refractivity contribution is -0.136. The maximum atomic E-state index is 10.6. The molecule has 0 saturated heterocycles. The lowest BCUT2D eigenvalue weighted by Crippen LogP contribution is -2.07. The van der Waals surface area contributed by atoms with Crippen LogP contribution in [0.15, 0.2) is 48.8 Å². The fourth-order valence-corrected chi connectivity index (χ4v) is 2.43. The topological polar surface area (TPSA) is 75.9 Å². The van der Waals surface area contributed by atoms with Crippen molar-refractivity contribution in [3.63, 3.8) is 0 Å². The third-order valence-corrected chi connectivity index (χ3v) is 3.59. The van der Waals surface area contributed by atoms with Crippen molar-refractivity contribution in [2.24, 2.45) is 0 Å². The Hall–Kier alpha value is -3.02. The van der Waals surface area contributed by atoms with Crippen molar-refractivity contribution < 1.29 is 14.6 Å². The first-order valence-corrected chi connectivity index (χ1v) is 7.83. The SMILES string of the molecule is CCOc1ccc(-c2cn3ccc(NCCC(=O)O)cc3n2)cc1. The number of ether oxygens (including phenoxy) is 1. The lowest BCUT2D eigenvalue weighted by atomic mass is 10.2. The zero-order valence-corrected chi connectivity index (χ0v) is 13.4. The molecule has 0 saturated carbocycles. The second-order valence-corrected chi connectivity index (χ2v) is 5.33. The first kappa shape index (κ1) is 15.9. The van der Waals surface area contributed by atoms with Gasteiger partial charge < -0.3 is 19.6 Å². The molecule has 0 bridgehead atoms. The van der Waals surface area contributed by atoms with Gasteiger partial charge in [0, 0.05) is 36.3 Å². The number of aromatic nitrogens is 2. The fraction of sp³-hybridized carbons (Fsp3) is 0.222. The Morgan fingerprint density at radius 3 is 2.79 bits per heavy atom. The Bertz CT molecular complexity index is 840. The van der Waals surface area contributed by atoms with Gasteiger partial charge in [-0.25, -0.2) is 4.98 Å². The van der Waals surface area contributed by atoms with Crippen LogP contribution in [0.3, 0.4) is 0 Å². The highest BCUT2D eigenvalue weighted by Gasteiger charge is 2.06. The van der Waals surface area contributed by atoms with Gasteiger partial charge in [-0.05, 0) is 37.3 Å². The maximum Gasteiger partial charge on any atom is 0.305 e. The van der Waals surface area contributed by atoms with E-state index in [4.69, 9.17) is 9.84 Å². The number of hydrogen-bond donors (Lipinski definition) is 2. The van der Waals surface area contributed by atoms with Crippen LogP contribution in [0, 0.1) is 0 Å². The average molecular weight is 325 g/mol. The highest BCUT2D eigenvalue weighted by molar-refractivity contribution is 5.68. The Morgan fingerprint density at radius 2 is 2.08 bits per heavy atom. The van der Waals surface area contributed by atoms with Gasteiger partial charge in [0.15, 0.2) is 0 Å². The van der Waals surface area contributed by atoms with Crippen molar-refractivity contribution in [2.45, 2.75) is 13.3 Å². The van der Waals surface area contributed by atoms with Crippen molar-refractivity contribution in [3.8, 4) is 17.0 Å². The number of imidazole rings is 1. The van der Waals surface area contributed by atoms with Gasteiger partial charge in [0.2, 0.25) is 0 Å². The van der Waals surface area contributed by atoms with Crippen LogP contribution in [0.25, 0.3) is 16.9 Å².